The number of aliphatic hydroxyl groups is 1. The van der Waals surface area contributed by atoms with Crippen LogP contribution in [0.5, 0.6) is 5.75 Å². The van der Waals surface area contributed by atoms with Gasteiger partial charge in [0.05, 0.1) is 18.6 Å². The van der Waals surface area contributed by atoms with Gasteiger partial charge in [0.1, 0.15) is 5.75 Å². The van der Waals surface area contributed by atoms with Crippen LogP contribution in [0, 0.1) is 13.8 Å². The molecule has 108 valence electrons. The molecule has 0 saturated carbocycles. The fourth-order valence-electron chi connectivity index (χ4n) is 1.93. The maximum atomic E-state index is 12.5. The minimum absolute atomic E-state index is 0.218. The first-order chi connectivity index (χ1) is 8.75. The quantitative estimate of drug-likeness (QED) is 0.887. The summed E-state index contributed by atoms with van der Waals surface area (Å²) < 4.78 is 31.4. The number of methoxy groups -OCH3 is 1. The van der Waals surface area contributed by atoms with E-state index < -0.39 is 16.1 Å². The van der Waals surface area contributed by atoms with Crippen LogP contribution in [0.15, 0.2) is 17.0 Å². The van der Waals surface area contributed by atoms with Gasteiger partial charge in [0.2, 0.25) is 10.0 Å². The van der Waals surface area contributed by atoms with E-state index in [2.05, 4.69) is 0 Å². The molecule has 0 aliphatic rings. The van der Waals surface area contributed by atoms with Gasteiger partial charge in [0.25, 0.3) is 0 Å². The zero-order valence-corrected chi connectivity index (χ0v) is 12.8. The Balaban J connectivity index is 3.37. The minimum atomic E-state index is -3.62. The molecule has 0 aliphatic heterocycles. The zero-order valence-electron chi connectivity index (χ0n) is 12.0. The van der Waals surface area contributed by atoms with Crippen LogP contribution in [0.2, 0.25) is 0 Å². The lowest BCUT2D eigenvalue weighted by molar-refractivity contribution is 0.213. The number of benzene rings is 1. The summed E-state index contributed by atoms with van der Waals surface area (Å²) in [7, 11) is -0.603. The normalized spacial score (nSPS) is 13.6. The molecule has 19 heavy (non-hydrogen) atoms. The van der Waals surface area contributed by atoms with Crippen LogP contribution in [0.3, 0.4) is 0 Å². The number of nitrogens with zero attached hydrogens (tertiary/aromatic N) is 1. The molecule has 0 radical (unpaired) electrons. The summed E-state index contributed by atoms with van der Waals surface area (Å²) in [6.07, 6.45) is 0. The number of hydrogen-bond acceptors (Lipinski definition) is 4. The zero-order chi connectivity index (χ0) is 14.8. The Hall–Kier alpha value is -1.11. The predicted molar refractivity (Wildman–Crippen MR) is 74.0 cm³/mol. The second-order valence-corrected chi connectivity index (χ2v) is 6.58. The number of likely N-dealkylation sites (N-methyl/N-ethyl adjacent to an activating group) is 1. The molecule has 5 nitrogen and oxygen atoms in total. The number of sulfonamides is 1. The van der Waals surface area contributed by atoms with Crippen molar-refractivity contribution in [3.05, 3.63) is 23.3 Å². The van der Waals surface area contributed by atoms with E-state index in [1.54, 1.807) is 40.0 Å². The number of aliphatic hydroxyl groups excluding tert-OH is 1. The molecule has 1 rings (SSSR count). The number of rotatable bonds is 5. The van der Waals surface area contributed by atoms with E-state index in [0.717, 1.165) is 0 Å². The summed E-state index contributed by atoms with van der Waals surface area (Å²) in [4.78, 5) is 0.274. The van der Waals surface area contributed by atoms with Crippen LogP contribution in [-0.2, 0) is 10.0 Å². The molecule has 1 unspecified atom stereocenters. The molecule has 0 bridgehead atoms. The van der Waals surface area contributed by atoms with Gasteiger partial charge in [-0.05, 0) is 44.0 Å². The van der Waals surface area contributed by atoms with Crippen molar-refractivity contribution in [2.24, 2.45) is 0 Å². The Labute approximate surface area is 114 Å². The summed E-state index contributed by atoms with van der Waals surface area (Å²) >= 11 is 0. The molecule has 0 amide bonds. The van der Waals surface area contributed by atoms with E-state index >= 15 is 0 Å². The van der Waals surface area contributed by atoms with Gasteiger partial charge in [-0.15, -0.1) is 0 Å². The molecule has 1 aromatic carbocycles. The van der Waals surface area contributed by atoms with E-state index in [0.29, 0.717) is 16.9 Å². The third-order valence-electron chi connectivity index (χ3n) is 3.19. The third kappa shape index (κ3) is 3.08. The Bertz CT molecular complexity index is 531. The fraction of sp³-hybridized carbons (Fsp3) is 0.538. The molecule has 1 atom stereocenters. The lowest BCUT2D eigenvalue weighted by atomic mass is 10.1. The molecular formula is C13H21NO4S. The van der Waals surface area contributed by atoms with Crippen LogP contribution >= 0.6 is 0 Å². The Morgan fingerprint density at radius 3 is 2.16 bits per heavy atom. The fourth-order valence-corrected chi connectivity index (χ4v) is 3.69. The molecule has 1 N–H and O–H groups in total. The van der Waals surface area contributed by atoms with Crippen LogP contribution in [0.4, 0.5) is 0 Å². The van der Waals surface area contributed by atoms with Crippen LogP contribution in [0.1, 0.15) is 18.1 Å². The van der Waals surface area contributed by atoms with Crippen molar-refractivity contribution in [3.63, 3.8) is 0 Å². The van der Waals surface area contributed by atoms with Crippen LogP contribution < -0.4 is 4.74 Å². The third-order valence-corrected chi connectivity index (χ3v) is 5.47. The van der Waals surface area contributed by atoms with Gasteiger partial charge in [0, 0.05) is 13.1 Å². The monoisotopic (exact) mass is 287 g/mol. The van der Waals surface area contributed by atoms with E-state index in [1.807, 2.05) is 0 Å². The van der Waals surface area contributed by atoms with Gasteiger partial charge < -0.3 is 9.84 Å². The van der Waals surface area contributed by atoms with Crippen molar-refractivity contribution in [2.75, 3.05) is 20.8 Å². The van der Waals surface area contributed by atoms with Crippen LogP contribution in [-0.4, -0.2) is 44.6 Å². The highest BCUT2D eigenvalue weighted by Gasteiger charge is 2.28. The van der Waals surface area contributed by atoms with Crippen molar-refractivity contribution in [2.45, 2.75) is 31.7 Å². The first-order valence-corrected chi connectivity index (χ1v) is 7.43. The van der Waals surface area contributed by atoms with Crippen molar-refractivity contribution < 1.29 is 18.3 Å². The van der Waals surface area contributed by atoms with Crippen LogP contribution in [0.25, 0.3) is 0 Å². The summed E-state index contributed by atoms with van der Waals surface area (Å²) in [5, 5.41) is 9.11. The first-order valence-electron chi connectivity index (χ1n) is 5.99. The molecule has 0 fully saturated rings. The van der Waals surface area contributed by atoms with E-state index in [1.165, 1.54) is 11.4 Å². The second-order valence-electron chi connectivity index (χ2n) is 4.64. The standard InChI is InChI=1S/C13H21NO4S/c1-9-6-12(18-5)7-10(2)13(9)19(16,17)14(4)11(3)8-15/h6-7,11,15H,8H2,1-5H3. The average Bonchev–Trinajstić information content (AvgIpc) is 2.35. The number of ether oxygens (including phenoxy) is 1. The smallest absolute Gasteiger partial charge is 0.243 e. The summed E-state index contributed by atoms with van der Waals surface area (Å²) in [6.45, 7) is 4.91. The van der Waals surface area contributed by atoms with Crippen molar-refractivity contribution in [1.82, 2.24) is 4.31 Å². The SMILES string of the molecule is COc1cc(C)c(S(=O)(=O)N(C)C(C)CO)c(C)c1. The van der Waals surface area contributed by atoms with Crippen molar-refractivity contribution in [1.29, 1.82) is 0 Å². The Morgan fingerprint density at radius 2 is 1.79 bits per heavy atom. The van der Waals surface area contributed by atoms with E-state index in [-0.39, 0.29) is 11.5 Å². The molecule has 0 saturated heterocycles. The van der Waals surface area contributed by atoms with Crippen molar-refractivity contribution >= 4 is 10.0 Å². The Morgan fingerprint density at radius 1 is 1.32 bits per heavy atom. The van der Waals surface area contributed by atoms with Gasteiger partial charge in [-0.25, -0.2) is 8.42 Å². The highest BCUT2D eigenvalue weighted by Crippen LogP contribution is 2.28. The highest BCUT2D eigenvalue weighted by molar-refractivity contribution is 7.89. The molecule has 6 heteroatoms. The maximum Gasteiger partial charge on any atom is 0.243 e. The maximum absolute atomic E-state index is 12.5. The molecule has 0 heterocycles. The van der Waals surface area contributed by atoms with E-state index in [4.69, 9.17) is 9.84 Å². The first kappa shape index (κ1) is 15.9. The van der Waals surface area contributed by atoms with Gasteiger partial charge >= 0.3 is 0 Å². The van der Waals surface area contributed by atoms with Gasteiger partial charge in [-0.2, -0.15) is 4.31 Å². The lowest BCUT2D eigenvalue weighted by Crippen LogP contribution is -2.37. The lowest BCUT2D eigenvalue weighted by Gasteiger charge is -2.24. The average molecular weight is 287 g/mol. The molecule has 0 aromatic heterocycles. The van der Waals surface area contributed by atoms with Gasteiger partial charge in [-0.3, -0.25) is 0 Å². The minimum Gasteiger partial charge on any atom is -0.497 e. The molecule has 0 aliphatic carbocycles. The summed E-state index contributed by atoms with van der Waals surface area (Å²) in [6, 6.07) is 2.92. The largest absolute Gasteiger partial charge is 0.497 e. The Kier molecular flexibility index (Phi) is 4.95. The molecule has 0 spiro atoms. The highest BCUT2D eigenvalue weighted by atomic mass is 32.2. The van der Waals surface area contributed by atoms with Gasteiger partial charge in [-0.1, -0.05) is 0 Å². The number of hydrogen-bond donors (Lipinski definition) is 1. The summed E-state index contributed by atoms with van der Waals surface area (Å²) in [5.41, 5.74) is 1.27. The second kappa shape index (κ2) is 5.90. The molecular weight excluding hydrogens is 266 g/mol. The van der Waals surface area contributed by atoms with E-state index in [9.17, 15) is 8.42 Å². The molecule has 1 aromatic rings. The van der Waals surface area contributed by atoms with Gasteiger partial charge in [0.15, 0.2) is 0 Å². The van der Waals surface area contributed by atoms with Crippen molar-refractivity contribution in [3.8, 4) is 5.75 Å². The summed E-state index contributed by atoms with van der Waals surface area (Å²) in [5.74, 6) is 0.631. The number of aryl methyl sites for hydroxylation is 2. The predicted octanol–water partition coefficient (Wildman–Crippen LogP) is 1.31. The topological polar surface area (TPSA) is 66.8 Å².